The number of hydrogen-bond acceptors (Lipinski definition) is 2. The smallest absolute Gasteiger partial charge is 0.237 e. The van der Waals surface area contributed by atoms with E-state index in [0.29, 0.717) is 11.6 Å². The fraction of sp³-hybridized carbons (Fsp3) is 0.308. The lowest BCUT2D eigenvalue weighted by atomic mass is 10.2. The van der Waals surface area contributed by atoms with Crippen molar-refractivity contribution in [3.05, 3.63) is 34.9 Å². The van der Waals surface area contributed by atoms with Gasteiger partial charge in [-0.2, -0.15) is 0 Å². The summed E-state index contributed by atoms with van der Waals surface area (Å²) in [5, 5.41) is 6.42. The molecular weight excluding hydrogens is 236 g/mol. The van der Waals surface area contributed by atoms with Crippen molar-refractivity contribution < 1.29 is 4.79 Å². The van der Waals surface area contributed by atoms with Gasteiger partial charge in [0, 0.05) is 11.6 Å². The van der Waals surface area contributed by atoms with E-state index in [4.69, 9.17) is 18.0 Å². The third-order valence-corrected chi connectivity index (χ3v) is 2.54. The van der Waals surface area contributed by atoms with Gasteiger partial charge in [0.25, 0.3) is 0 Å². The summed E-state index contributed by atoms with van der Waals surface area (Å²) in [6.45, 7) is 2.66. The molecule has 0 aliphatic rings. The van der Waals surface area contributed by atoms with Crippen LogP contribution in [0.4, 0.5) is 0 Å². The lowest BCUT2D eigenvalue weighted by Gasteiger charge is -2.12. The van der Waals surface area contributed by atoms with Gasteiger partial charge in [-0.25, -0.2) is 0 Å². The monoisotopic (exact) mass is 250 g/mol. The van der Waals surface area contributed by atoms with Crippen molar-refractivity contribution in [2.75, 3.05) is 6.54 Å². The van der Waals surface area contributed by atoms with E-state index in [1.807, 2.05) is 24.3 Å². The Morgan fingerprint density at radius 1 is 1.47 bits per heavy atom. The number of carbonyl (C=O) groups excluding carboxylic acids is 1. The third-order valence-electron chi connectivity index (χ3n) is 2.28. The molecule has 1 amide bonds. The quantitative estimate of drug-likeness (QED) is 0.779. The second-order valence-corrected chi connectivity index (χ2v) is 4.09. The first kappa shape index (κ1) is 13.6. The molecule has 1 aromatic carbocycles. The standard InChI is InChI=1S/C13H15ClN2O/c1-3-8-15-13(17)10(2)16-9-11-4-6-12(14)7-5-11/h1,4-7,10,16H,8-9H2,2H3,(H,15,17). The number of amides is 1. The predicted octanol–water partition coefficient (Wildman–Crippen LogP) is 1.57. The molecule has 2 N–H and O–H groups in total. The predicted molar refractivity (Wildman–Crippen MR) is 69.6 cm³/mol. The Morgan fingerprint density at radius 2 is 2.12 bits per heavy atom. The zero-order chi connectivity index (χ0) is 12.7. The van der Waals surface area contributed by atoms with E-state index in [9.17, 15) is 4.79 Å². The summed E-state index contributed by atoms with van der Waals surface area (Å²) >= 11 is 5.78. The van der Waals surface area contributed by atoms with Crippen LogP contribution in [0.2, 0.25) is 5.02 Å². The molecule has 1 unspecified atom stereocenters. The van der Waals surface area contributed by atoms with E-state index in [1.165, 1.54) is 0 Å². The first-order valence-electron chi connectivity index (χ1n) is 5.32. The van der Waals surface area contributed by atoms with Crippen LogP contribution in [0.5, 0.6) is 0 Å². The highest BCUT2D eigenvalue weighted by molar-refractivity contribution is 6.30. The summed E-state index contributed by atoms with van der Waals surface area (Å²) in [5.41, 5.74) is 1.07. The lowest BCUT2D eigenvalue weighted by Crippen LogP contribution is -2.41. The Balaban J connectivity index is 2.37. The van der Waals surface area contributed by atoms with Crippen LogP contribution in [0.3, 0.4) is 0 Å². The average molecular weight is 251 g/mol. The van der Waals surface area contributed by atoms with E-state index in [2.05, 4.69) is 16.6 Å². The number of carbonyl (C=O) groups is 1. The van der Waals surface area contributed by atoms with Gasteiger partial charge in [-0.15, -0.1) is 6.42 Å². The summed E-state index contributed by atoms with van der Waals surface area (Å²) in [7, 11) is 0. The molecule has 0 aliphatic heterocycles. The Labute approximate surface area is 107 Å². The van der Waals surface area contributed by atoms with Gasteiger partial charge < -0.3 is 10.6 Å². The van der Waals surface area contributed by atoms with E-state index in [-0.39, 0.29) is 18.5 Å². The van der Waals surface area contributed by atoms with Crippen molar-refractivity contribution in [1.82, 2.24) is 10.6 Å². The van der Waals surface area contributed by atoms with Crippen LogP contribution < -0.4 is 10.6 Å². The van der Waals surface area contributed by atoms with E-state index in [1.54, 1.807) is 6.92 Å². The number of rotatable bonds is 5. The van der Waals surface area contributed by atoms with Gasteiger partial charge in [0.05, 0.1) is 12.6 Å². The normalized spacial score (nSPS) is 11.6. The highest BCUT2D eigenvalue weighted by atomic mass is 35.5. The van der Waals surface area contributed by atoms with Crippen molar-refractivity contribution in [2.45, 2.75) is 19.5 Å². The maximum Gasteiger partial charge on any atom is 0.237 e. The maximum absolute atomic E-state index is 11.5. The van der Waals surface area contributed by atoms with Crippen LogP contribution in [0.15, 0.2) is 24.3 Å². The molecule has 1 aromatic rings. The number of benzene rings is 1. The van der Waals surface area contributed by atoms with E-state index in [0.717, 1.165) is 5.56 Å². The molecule has 0 radical (unpaired) electrons. The number of hydrogen-bond donors (Lipinski definition) is 2. The fourth-order valence-electron chi connectivity index (χ4n) is 1.26. The molecule has 0 saturated carbocycles. The van der Waals surface area contributed by atoms with Crippen molar-refractivity contribution in [1.29, 1.82) is 0 Å². The molecule has 4 heteroatoms. The number of halogens is 1. The van der Waals surface area contributed by atoms with Crippen LogP contribution >= 0.6 is 11.6 Å². The summed E-state index contributed by atoms with van der Waals surface area (Å²) in [6.07, 6.45) is 5.06. The van der Waals surface area contributed by atoms with Crippen molar-refractivity contribution in [3.63, 3.8) is 0 Å². The topological polar surface area (TPSA) is 41.1 Å². The molecule has 0 fully saturated rings. The minimum atomic E-state index is -0.279. The molecule has 0 bridgehead atoms. The average Bonchev–Trinajstić information content (AvgIpc) is 2.34. The summed E-state index contributed by atoms with van der Waals surface area (Å²) in [4.78, 5) is 11.5. The molecule has 17 heavy (non-hydrogen) atoms. The van der Waals surface area contributed by atoms with Crippen LogP contribution in [-0.4, -0.2) is 18.5 Å². The van der Waals surface area contributed by atoms with Crippen LogP contribution in [0.25, 0.3) is 0 Å². The molecular formula is C13H15ClN2O. The van der Waals surface area contributed by atoms with Crippen molar-refractivity contribution in [2.24, 2.45) is 0 Å². The number of nitrogens with one attached hydrogen (secondary N) is 2. The SMILES string of the molecule is C#CCNC(=O)C(C)NCc1ccc(Cl)cc1. The molecule has 1 atom stereocenters. The Kier molecular flexibility index (Phi) is 5.55. The summed E-state index contributed by atoms with van der Waals surface area (Å²) in [6, 6.07) is 7.20. The third kappa shape index (κ3) is 4.90. The summed E-state index contributed by atoms with van der Waals surface area (Å²) in [5.74, 6) is 2.26. The summed E-state index contributed by atoms with van der Waals surface area (Å²) < 4.78 is 0. The van der Waals surface area contributed by atoms with Gasteiger partial charge in [-0.05, 0) is 24.6 Å². The fourth-order valence-corrected chi connectivity index (χ4v) is 1.38. The zero-order valence-corrected chi connectivity index (χ0v) is 10.4. The molecule has 0 saturated heterocycles. The van der Waals surface area contributed by atoms with Gasteiger partial charge >= 0.3 is 0 Å². The molecule has 0 spiro atoms. The highest BCUT2D eigenvalue weighted by Gasteiger charge is 2.10. The molecule has 0 aromatic heterocycles. The second kappa shape index (κ2) is 6.95. The van der Waals surface area contributed by atoms with Crippen LogP contribution in [0.1, 0.15) is 12.5 Å². The maximum atomic E-state index is 11.5. The van der Waals surface area contributed by atoms with E-state index >= 15 is 0 Å². The van der Waals surface area contributed by atoms with Gasteiger partial charge in [-0.1, -0.05) is 29.7 Å². The van der Waals surface area contributed by atoms with Gasteiger partial charge in [0.1, 0.15) is 0 Å². The second-order valence-electron chi connectivity index (χ2n) is 3.65. The van der Waals surface area contributed by atoms with Crippen LogP contribution in [0, 0.1) is 12.3 Å². The van der Waals surface area contributed by atoms with Gasteiger partial charge in [-0.3, -0.25) is 4.79 Å². The van der Waals surface area contributed by atoms with Crippen molar-refractivity contribution in [3.8, 4) is 12.3 Å². The molecule has 1 rings (SSSR count). The molecule has 90 valence electrons. The minimum Gasteiger partial charge on any atom is -0.344 e. The van der Waals surface area contributed by atoms with Gasteiger partial charge in [0.2, 0.25) is 5.91 Å². The first-order chi connectivity index (χ1) is 8.13. The Morgan fingerprint density at radius 3 is 2.71 bits per heavy atom. The van der Waals surface area contributed by atoms with E-state index < -0.39 is 0 Å². The first-order valence-corrected chi connectivity index (χ1v) is 5.70. The largest absolute Gasteiger partial charge is 0.344 e. The highest BCUT2D eigenvalue weighted by Crippen LogP contribution is 2.09. The molecule has 3 nitrogen and oxygen atoms in total. The molecule has 0 aliphatic carbocycles. The van der Waals surface area contributed by atoms with Gasteiger partial charge in [0.15, 0.2) is 0 Å². The lowest BCUT2D eigenvalue weighted by molar-refractivity contribution is -0.122. The van der Waals surface area contributed by atoms with Crippen molar-refractivity contribution >= 4 is 17.5 Å². The molecule has 0 heterocycles. The Hall–Kier alpha value is -1.50. The zero-order valence-electron chi connectivity index (χ0n) is 9.66. The number of terminal acetylenes is 1. The Bertz CT molecular complexity index is 408. The van der Waals surface area contributed by atoms with Crippen LogP contribution in [-0.2, 0) is 11.3 Å². The minimum absolute atomic E-state index is 0.100.